The second kappa shape index (κ2) is 6.06. The van der Waals surface area contributed by atoms with Crippen molar-refractivity contribution in [3.8, 4) is 5.75 Å². The summed E-state index contributed by atoms with van der Waals surface area (Å²) >= 11 is 0. The quantitative estimate of drug-likeness (QED) is 0.823. The van der Waals surface area contributed by atoms with E-state index in [4.69, 9.17) is 0 Å². The highest BCUT2D eigenvalue weighted by atomic mass is 19.3. The molecular weight excluding hydrogens is 242 g/mol. The molecule has 0 unspecified atom stereocenters. The van der Waals surface area contributed by atoms with E-state index in [-0.39, 0.29) is 5.75 Å². The number of hydrogen-bond donors (Lipinski definition) is 2. The van der Waals surface area contributed by atoms with E-state index in [1.165, 1.54) is 18.5 Å². The molecule has 2 N–H and O–H groups in total. The predicted octanol–water partition coefficient (Wildman–Crippen LogP) is 1.70. The van der Waals surface area contributed by atoms with Crippen LogP contribution in [0.15, 0.2) is 30.6 Å². The Kier molecular flexibility index (Phi) is 4.19. The van der Waals surface area contributed by atoms with E-state index in [1.54, 1.807) is 12.1 Å². The molecule has 7 heteroatoms. The second-order valence-electron chi connectivity index (χ2n) is 3.56. The molecule has 2 rings (SSSR count). The molecule has 5 nitrogen and oxygen atoms in total. The smallest absolute Gasteiger partial charge is 0.387 e. The van der Waals surface area contributed by atoms with Gasteiger partial charge >= 0.3 is 6.61 Å². The van der Waals surface area contributed by atoms with Gasteiger partial charge in [0.05, 0.1) is 6.54 Å². The lowest BCUT2D eigenvalue weighted by molar-refractivity contribution is -0.0498. The number of aromatic amines is 1. The van der Waals surface area contributed by atoms with Gasteiger partial charge in [0.2, 0.25) is 0 Å². The molecule has 1 aromatic carbocycles. The van der Waals surface area contributed by atoms with Gasteiger partial charge in [0.1, 0.15) is 17.9 Å². The Morgan fingerprint density at radius 1 is 1.22 bits per heavy atom. The monoisotopic (exact) mass is 254 g/mol. The van der Waals surface area contributed by atoms with Gasteiger partial charge in [-0.15, -0.1) is 0 Å². The van der Waals surface area contributed by atoms with Gasteiger partial charge in [-0.05, 0) is 17.7 Å². The largest absolute Gasteiger partial charge is 0.435 e. The van der Waals surface area contributed by atoms with E-state index in [1.807, 2.05) is 0 Å². The van der Waals surface area contributed by atoms with E-state index in [0.717, 1.165) is 11.4 Å². The highest BCUT2D eigenvalue weighted by Gasteiger charge is 2.03. The normalized spacial score (nSPS) is 10.8. The third-order valence-electron chi connectivity index (χ3n) is 2.24. The van der Waals surface area contributed by atoms with Crippen molar-refractivity contribution in [2.75, 3.05) is 0 Å². The molecule has 0 bridgehead atoms. The predicted molar refractivity (Wildman–Crippen MR) is 60.0 cm³/mol. The Hall–Kier alpha value is -2.02. The molecule has 0 aliphatic rings. The summed E-state index contributed by atoms with van der Waals surface area (Å²) in [5.41, 5.74) is 0.969. The summed E-state index contributed by atoms with van der Waals surface area (Å²) < 4.78 is 28.1. The van der Waals surface area contributed by atoms with Gasteiger partial charge in [0.25, 0.3) is 0 Å². The van der Waals surface area contributed by atoms with E-state index in [2.05, 4.69) is 25.2 Å². The van der Waals surface area contributed by atoms with Crippen molar-refractivity contribution in [2.45, 2.75) is 19.7 Å². The van der Waals surface area contributed by atoms with Crippen LogP contribution in [-0.4, -0.2) is 21.8 Å². The molecule has 2 aromatic rings. The first kappa shape index (κ1) is 12.4. The average Bonchev–Trinajstić information content (AvgIpc) is 2.84. The number of ether oxygens (including phenoxy) is 1. The SMILES string of the molecule is FC(F)Oc1ccc(CNCc2ncn[nH]2)cc1. The fourth-order valence-electron chi connectivity index (χ4n) is 1.43. The number of benzene rings is 1. The van der Waals surface area contributed by atoms with Gasteiger partial charge in [0, 0.05) is 6.54 Å². The van der Waals surface area contributed by atoms with Crippen LogP contribution >= 0.6 is 0 Å². The average molecular weight is 254 g/mol. The summed E-state index contributed by atoms with van der Waals surface area (Å²) in [4.78, 5) is 3.96. The Morgan fingerprint density at radius 3 is 2.61 bits per heavy atom. The highest BCUT2D eigenvalue weighted by molar-refractivity contribution is 5.27. The zero-order valence-electron chi connectivity index (χ0n) is 9.44. The van der Waals surface area contributed by atoms with Gasteiger partial charge < -0.3 is 10.1 Å². The van der Waals surface area contributed by atoms with E-state index in [0.29, 0.717) is 13.1 Å². The second-order valence-corrected chi connectivity index (χ2v) is 3.56. The van der Waals surface area contributed by atoms with Crippen LogP contribution < -0.4 is 10.1 Å². The third kappa shape index (κ3) is 3.77. The molecule has 0 fully saturated rings. The minimum Gasteiger partial charge on any atom is -0.435 e. The van der Waals surface area contributed by atoms with Crippen LogP contribution in [-0.2, 0) is 13.1 Å². The van der Waals surface area contributed by atoms with Gasteiger partial charge in [-0.1, -0.05) is 12.1 Å². The Morgan fingerprint density at radius 2 is 2.00 bits per heavy atom. The van der Waals surface area contributed by atoms with Gasteiger partial charge in [-0.25, -0.2) is 4.98 Å². The first-order valence-electron chi connectivity index (χ1n) is 5.33. The molecular formula is C11H12F2N4O. The molecule has 0 saturated heterocycles. The van der Waals surface area contributed by atoms with Gasteiger partial charge in [0.15, 0.2) is 0 Å². The van der Waals surface area contributed by atoms with Crippen molar-refractivity contribution >= 4 is 0 Å². The molecule has 1 aromatic heterocycles. The van der Waals surface area contributed by atoms with Crippen LogP contribution in [0.3, 0.4) is 0 Å². The van der Waals surface area contributed by atoms with Crippen molar-refractivity contribution < 1.29 is 13.5 Å². The maximum atomic E-state index is 11.9. The summed E-state index contributed by atoms with van der Waals surface area (Å²) in [6.07, 6.45) is 1.44. The number of H-pyrrole nitrogens is 1. The maximum absolute atomic E-state index is 11.9. The van der Waals surface area contributed by atoms with Crippen LogP contribution in [0.2, 0.25) is 0 Å². The fourth-order valence-corrected chi connectivity index (χ4v) is 1.43. The zero-order valence-corrected chi connectivity index (χ0v) is 9.44. The van der Waals surface area contributed by atoms with Gasteiger partial charge in [-0.2, -0.15) is 13.9 Å². The van der Waals surface area contributed by atoms with E-state index >= 15 is 0 Å². The highest BCUT2D eigenvalue weighted by Crippen LogP contribution is 2.14. The third-order valence-corrected chi connectivity index (χ3v) is 2.24. The molecule has 0 spiro atoms. The fraction of sp³-hybridized carbons (Fsp3) is 0.273. The summed E-state index contributed by atoms with van der Waals surface area (Å²) in [5, 5.41) is 9.59. The molecule has 0 aliphatic carbocycles. The maximum Gasteiger partial charge on any atom is 0.387 e. The van der Waals surface area contributed by atoms with Crippen LogP contribution in [0.4, 0.5) is 8.78 Å². The summed E-state index contributed by atoms with van der Waals surface area (Å²) in [7, 11) is 0. The number of hydrogen-bond acceptors (Lipinski definition) is 4. The van der Waals surface area contributed by atoms with Crippen molar-refractivity contribution in [3.05, 3.63) is 42.0 Å². The lowest BCUT2D eigenvalue weighted by atomic mass is 10.2. The molecule has 96 valence electrons. The lowest BCUT2D eigenvalue weighted by Crippen LogP contribution is -2.13. The lowest BCUT2D eigenvalue weighted by Gasteiger charge is -2.06. The molecule has 0 aliphatic heterocycles. The standard InChI is InChI=1S/C11H12F2N4O/c12-11(13)18-9-3-1-8(2-4-9)5-14-6-10-15-7-16-17-10/h1-4,7,11,14H,5-6H2,(H,15,16,17). The zero-order chi connectivity index (χ0) is 12.8. The molecule has 0 radical (unpaired) electrons. The first-order chi connectivity index (χ1) is 8.74. The van der Waals surface area contributed by atoms with Crippen LogP contribution in [0.5, 0.6) is 5.75 Å². The molecule has 0 atom stereocenters. The number of nitrogens with one attached hydrogen (secondary N) is 2. The molecule has 1 heterocycles. The van der Waals surface area contributed by atoms with E-state index in [9.17, 15) is 8.78 Å². The van der Waals surface area contributed by atoms with Crippen LogP contribution in [0.25, 0.3) is 0 Å². The first-order valence-corrected chi connectivity index (χ1v) is 5.33. The van der Waals surface area contributed by atoms with E-state index < -0.39 is 6.61 Å². The molecule has 0 amide bonds. The summed E-state index contributed by atoms with van der Waals surface area (Å²) in [6.45, 7) is -1.62. The molecule has 18 heavy (non-hydrogen) atoms. The Balaban J connectivity index is 1.79. The molecule has 0 saturated carbocycles. The Labute approximate surface area is 102 Å². The van der Waals surface area contributed by atoms with Crippen molar-refractivity contribution in [3.63, 3.8) is 0 Å². The minimum atomic E-state index is -2.79. The number of nitrogens with zero attached hydrogens (tertiary/aromatic N) is 2. The number of aromatic nitrogens is 3. The van der Waals surface area contributed by atoms with Crippen molar-refractivity contribution in [1.29, 1.82) is 0 Å². The minimum absolute atomic E-state index is 0.156. The van der Waals surface area contributed by atoms with Gasteiger partial charge in [-0.3, -0.25) is 5.10 Å². The Bertz CT molecular complexity index is 458. The van der Waals surface area contributed by atoms with Crippen molar-refractivity contribution in [2.24, 2.45) is 0 Å². The number of rotatable bonds is 6. The van der Waals surface area contributed by atoms with Crippen molar-refractivity contribution in [1.82, 2.24) is 20.5 Å². The van der Waals surface area contributed by atoms with Crippen LogP contribution in [0, 0.1) is 0 Å². The number of halogens is 2. The topological polar surface area (TPSA) is 62.8 Å². The summed E-state index contributed by atoms with van der Waals surface area (Å²) in [5.74, 6) is 0.900. The summed E-state index contributed by atoms with van der Waals surface area (Å²) in [6, 6.07) is 6.48. The van der Waals surface area contributed by atoms with Crippen LogP contribution in [0.1, 0.15) is 11.4 Å². The number of alkyl halides is 2.